The number of hydrogen-bond donors (Lipinski definition) is 3. The fourth-order valence-electron chi connectivity index (χ4n) is 3.99. The number of aliphatic hydroxyl groups excluding tert-OH is 1. The number of nitrogens with zero attached hydrogens (tertiary/aromatic N) is 5. The van der Waals surface area contributed by atoms with Gasteiger partial charge in [-0.3, -0.25) is 4.90 Å². The van der Waals surface area contributed by atoms with Gasteiger partial charge in [-0.2, -0.15) is 4.98 Å². The molecule has 1 saturated carbocycles. The molecular formula is C20H23F2N7OS. The van der Waals surface area contributed by atoms with E-state index in [1.54, 1.807) is 17.2 Å². The number of fused-ring (bicyclic) bond motifs is 1. The van der Waals surface area contributed by atoms with Gasteiger partial charge in [0, 0.05) is 24.8 Å². The lowest BCUT2D eigenvalue weighted by molar-refractivity contribution is -0.134. The topological polar surface area (TPSA) is 99.1 Å². The first-order valence-corrected chi connectivity index (χ1v) is 11.1. The van der Waals surface area contributed by atoms with Gasteiger partial charge in [-0.05, 0) is 37.8 Å². The number of anilines is 3. The van der Waals surface area contributed by atoms with Crippen LogP contribution in [0.5, 0.6) is 0 Å². The van der Waals surface area contributed by atoms with Crippen molar-refractivity contribution in [2.45, 2.75) is 50.3 Å². The number of aromatic nitrogens is 4. The number of likely N-dealkylation sites (tertiary alicyclic amines) is 1. The number of pyridine rings is 1. The lowest BCUT2D eigenvalue weighted by atomic mass is 9.93. The van der Waals surface area contributed by atoms with E-state index in [-0.39, 0.29) is 25.2 Å². The third-order valence-corrected chi connectivity index (χ3v) is 6.40. The Balaban J connectivity index is 1.36. The van der Waals surface area contributed by atoms with Gasteiger partial charge in [0.1, 0.15) is 16.2 Å². The summed E-state index contributed by atoms with van der Waals surface area (Å²) in [6.45, 7) is -0.189. The molecule has 3 aromatic rings. The highest BCUT2D eigenvalue weighted by atomic mass is 32.1. The maximum Gasteiger partial charge on any atom is 0.272 e. The maximum absolute atomic E-state index is 13.2. The molecule has 8 nitrogen and oxygen atoms in total. The molecule has 2 aliphatic rings. The molecule has 0 aromatic carbocycles. The van der Waals surface area contributed by atoms with Crippen LogP contribution in [0, 0.1) is 0 Å². The zero-order valence-corrected chi connectivity index (χ0v) is 17.6. The van der Waals surface area contributed by atoms with Gasteiger partial charge in [-0.1, -0.05) is 11.3 Å². The van der Waals surface area contributed by atoms with E-state index in [4.69, 9.17) is 0 Å². The third-order valence-electron chi connectivity index (χ3n) is 5.51. The molecule has 0 radical (unpaired) electrons. The molecule has 0 unspecified atom stereocenters. The Morgan fingerprint density at radius 1 is 1.16 bits per heavy atom. The molecule has 1 saturated heterocycles. The van der Waals surface area contributed by atoms with Crippen molar-refractivity contribution in [3.8, 4) is 0 Å². The molecule has 0 atom stereocenters. The largest absolute Gasteiger partial charge is 0.393 e. The summed E-state index contributed by atoms with van der Waals surface area (Å²) >= 11 is 1.42. The zero-order valence-electron chi connectivity index (χ0n) is 16.8. The van der Waals surface area contributed by atoms with Crippen molar-refractivity contribution in [3.05, 3.63) is 30.1 Å². The number of alkyl halides is 2. The van der Waals surface area contributed by atoms with E-state index in [1.807, 2.05) is 12.1 Å². The van der Waals surface area contributed by atoms with E-state index < -0.39 is 5.92 Å². The van der Waals surface area contributed by atoms with Crippen LogP contribution in [0.25, 0.3) is 10.3 Å². The van der Waals surface area contributed by atoms with Crippen LogP contribution in [0.15, 0.2) is 24.4 Å². The van der Waals surface area contributed by atoms with Crippen molar-refractivity contribution < 1.29 is 13.9 Å². The van der Waals surface area contributed by atoms with E-state index in [1.165, 1.54) is 11.3 Å². The minimum atomic E-state index is -2.62. The van der Waals surface area contributed by atoms with E-state index >= 15 is 0 Å². The predicted molar refractivity (Wildman–Crippen MR) is 115 cm³/mol. The number of halogens is 2. The molecule has 3 aromatic heterocycles. The summed E-state index contributed by atoms with van der Waals surface area (Å²) in [5.41, 5.74) is 1.46. The number of thiazole rings is 1. The second kappa shape index (κ2) is 8.21. The average Bonchev–Trinajstić information content (AvgIpc) is 3.10. The minimum Gasteiger partial charge on any atom is -0.393 e. The van der Waals surface area contributed by atoms with Crippen LogP contribution in [-0.4, -0.2) is 61.1 Å². The fraction of sp³-hybridized carbons (Fsp3) is 0.500. The van der Waals surface area contributed by atoms with Crippen LogP contribution in [0.3, 0.4) is 0 Å². The quantitative estimate of drug-likeness (QED) is 0.529. The van der Waals surface area contributed by atoms with Crippen molar-refractivity contribution in [1.82, 2.24) is 24.8 Å². The molecular weight excluding hydrogens is 424 g/mol. The summed E-state index contributed by atoms with van der Waals surface area (Å²) in [7, 11) is 0. The Bertz CT molecular complexity index is 1030. The van der Waals surface area contributed by atoms with E-state index in [2.05, 4.69) is 30.6 Å². The summed E-state index contributed by atoms with van der Waals surface area (Å²) in [5, 5.41) is 17.0. The van der Waals surface area contributed by atoms with Crippen molar-refractivity contribution in [2.75, 3.05) is 23.7 Å². The number of hydrogen-bond acceptors (Lipinski definition) is 9. The first kappa shape index (κ1) is 20.4. The molecule has 4 heterocycles. The van der Waals surface area contributed by atoms with Crippen LogP contribution in [0.1, 0.15) is 31.4 Å². The van der Waals surface area contributed by atoms with Crippen LogP contribution >= 0.6 is 11.3 Å². The summed E-state index contributed by atoms with van der Waals surface area (Å²) < 4.78 is 26.5. The number of aliphatic hydroxyl groups is 1. The summed E-state index contributed by atoms with van der Waals surface area (Å²) in [4.78, 5) is 20.4. The van der Waals surface area contributed by atoms with Crippen molar-refractivity contribution in [3.63, 3.8) is 0 Å². The van der Waals surface area contributed by atoms with Gasteiger partial charge in [-0.25, -0.2) is 23.7 Å². The van der Waals surface area contributed by atoms with Crippen molar-refractivity contribution >= 4 is 38.6 Å². The van der Waals surface area contributed by atoms with Crippen LogP contribution in [0.2, 0.25) is 0 Å². The minimum absolute atomic E-state index is 0.173. The molecule has 1 aliphatic heterocycles. The van der Waals surface area contributed by atoms with Gasteiger partial charge in [-0.15, -0.1) is 0 Å². The summed E-state index contributed by atoms with van der Waals surface area (Å²) in [6, 6.07) is 5.67. The molecule has 11 heteroatoms. The normalized spacial score (nSPS) is 23.5. The van der Waals surface area contributed by atoms with Crippen molar-refractivity contribution in [2.24, 2.45) is 0 Å². The van der Waals surface area contributed by atoms with E-state index in [9.17, 15) is 13.9 Å². The Morgan fingerprint density at radius 2 is 1.97 bits per heavy atom. The first-order chi connectivity index (χ1) is 14.9. The Morgan fingerprint density at radius 3 is 2.71 bits per heavy atom. The van der Waals surface area contributed by atoms with E-state index in [0.717, 1.165) is 36.0 Å². The van der Waals surface area contributed by atoms with Crippen LogP contribution < -0.4 is 10.6 Å². The highest BCUT2D eigenvalue weighted by Gasteiger charge is 2.43. The average molecular weight is 448 g/mol. The molecule has 3 N–H and O–H groups in total. The molecule has 164 valence electrons. The van der Waals surface area contributed by atoms with Gasteiger partial charge in [0.2, 0.25) is 5.95 Å². The van der Waals surface area contributed by atoms with Gasteiger partial charge >= 0.3 is 0 Å². The summed E-state index contributed by atoms with van der Waals surface area (Å²) in [6.07, 6.45) is 4.62. The van der Waals surface area contributed by atoms with Crippen molar-refractivity contribution in [1.29, 1.82) is 0 Å². The second-order valence-electron chi connectivity index (χ2n) is 8.19. The third kappa shape index (κ3) is 4.89. The van der Waals surface area contributed by atoms with Gasteiger partial charge in [0.25, 0.3) is 5.92 Å². The Kier molecular flexibility index (Phi) is 5.40. The molecule has 0 amide bonds. The molecule has 0 bridgehead atoms. The second-order valence-corrected chi connectivity index (χ2v) is 9.17. The van der Waals surface area contributed by atoms with E-state index in [0.29, 0.717) is 29.1 Å². The van der Waals surface area contributed by atoms with Crippen LogP contribution in [0.4, 0.5) is 25.7 Å². The monoisotopic (exact) mass is 447 g/mol. The fourth-order valence-corrected chi connectivity index (χ4v) is 4.81. The number of rotatable bonds is 6. The van der Waals surface area contributed by atoms with Gasteiger partial charge in [0.15, 0.2) is 5.13 Å². The smallest absolute Gasteiger partial charge is 0.272 e. The lowest BCUT2D eigenvalue weighted by Gasteiger charge is -2.38. The Hall–Kier alpha value is -2.50. The van der Waals surface area contributed by atoms with Crippen LogP contribution in [-0.2, 0) is 6.54 Å². The predicted octanol–water partition coefficient (Wildman–Crippen LogP) is 3.39. The molecule has 0 spiro atoms. The maximum atomic E-state index is 13.2. The van der Waals surface area contributed by atoms with Gasteiger partial charge in [0.05, 0.1) is 24.9 Å². The molecule has 31 heavy (non-hydrogen) atoms. The molecule has 5 rings (SSSR count). The molecule has 1 aliphatic carbocycles. The first-order valence-electron chi connectivity index (χ1n) is 10.3. The lowest BCUT2D eigenvalue weighted by Crippen LogP contribution is -2.55. The van der Waals surface area contributed by atoms with Gasteiger partial charge < -0.3 is 15.7 Å². The standard InChI is InChI=1S/C20H23F2N7OS/c21-20(22)10-29(11-20)9-13-8-16(28-19-26-15-2-1-7-23-17(15)31-19)27-18(25-13)24-12-3-5-14(30)6-4-12/h1-2,7-8,12,14,30H,3-6,9-11H2,(H2,24,25,26,27,28)/t12-,14-. The molecule has 2 fully saturated rings. The highest BCUT2D eigenvalue weighted by Crippen LogP contribution is 2.30. The summed E-state index contributed by atoms with van der Waals surface area (Å²) in [5.74, 6) is -1.62. The SMILES string of the molecule is O[C@H]1CC[C@H](Nc2nc(CN3CC(F)(F)C3)cc(Nc3nc4cccnc4s3)n2)CC1. The zero-order chi connectivity index (χ0) is 21.4. The Labute approximate surface area is 181 Å². The highest BCUT2D eigenvalue weighted by molar-refractivity contribution is 7.21. The number of nitrogens with one attached hydrogen (secondary N) is 2.